The summed E-state index contributed by atoms with van der Waals surface area (Å²) in [4.78, 5) is 9.42. The highest BCUT2D eigenvalue weighted by atomic mass is 35.5. The van der Waals surface area contributed by atoms with Gasteiger partial charge in [0.05, 0.1) is 0 Å². The van der Waals surface area contributed by atoms with E-state index in [4.69, 9.17) is 23.1 Å². The van der Waals surface area contributed by atoms with Crippen LogP contribution in [-0.2, 0) is 0 Å². The minimum atomic E-state index is 0.403. The minimum absolute atomic E-state index is 0.403. The van der Waals surface area contributed by atoms with E-state index in [0.717, 1.165) is 16.5 Å². The van der Waals surface area contributed by atoms with Crippen LogP contribution in [-0.4, -0.2) is 21.5 Å². The zero-order chi connectivity index (χ0) is 13.7. The fourth-order valence-electron chi connectivity index (χ4n) is 1.35. The summed E-state index contributed by atoms with van der Waals surface area (Å²) < 4.78 is 0. The van der Waals surface area contributed by atoms with E-state index < -0.39 is 0 Å². The highest BCUT2D eigenvalue weighted by molar-refractivity contribution is 8.02. The molecule has 0 fully saturated rings. The molecule has 0 aliphatic heterocycles. The molecule has 0 unspecified atom stereocenters. The molecule has 1 aromatic carbocycles. The molecule has 100 valence electrons. The number of hydrogen-bond donors (Lipinski definition) is 2. The summed E-state index contributed by atoms with van der Waals surface area (Å²) in [5.74, 6) is 2.64. The first-order valence-corrected chi connectivity index (χ1v) is 7.89. The first-order chi connectivity index (χ1) is 9.13. The van der Waals surface area contributed by atoms with Gasteiger partial charge in [0, 0.05) is 27.5 Å². The maximum atomic E-state index is 5.83. The monoisotopic (exact) mass is 312 g/mol. The molecule has 7 heteroatoms. The first-order valence-electron chi connectivity index (χ1n) is 5.55. The molecule has 1 heterocycles. The lowest BCUT2D eigenvalue weighted by Gasteiger charge is -2.03. The van der Waals surface area contributed by atoms with Crippen molar-refractivity contribution in [1.82, 2.24) is 9.97 Å². The molecule has 4 nitrogen and oxygen atoms in total. The Hall–Kier alpha value is -1.11. The standard InChI is InChI=1S/C12H13ClN4S2/c13-8-1-3-9(4-2-8)18-5-6-19-12-16-10(14)7-11(15)17-12/h1-4,7H,5-6H2,(H4,14,15,16,17). The van der Waals surface area contributed by atoms with Crippen molar-refractivity contribution in [2.75, 3.05) is 23.0 Å². The third-order valence-corrected chi connectivity index (χ3v) is 4.52. The molecule has 19 heavy (non-hydrogen) atoms. The van der Waals surface area contributed by atoms with Crippen LogP contribution in [0.3, 0.4) is 0 Å². The summed E-state index contributed by atoms with van der Waals surface area (Å²) in [6, 6.07) is 9.34. The van der Waals surface area contributed by atoms with Gasteiger partial charge in [-0.1, -0.05) is 23.4 Å². The highest BCUT2D eigenvalue weighted by Gasteiger charge is 2.01. The number of nitrogens with zero attached hydrogens (tertiary/aromatic N) is 2. The van der Waals surface area contributed by atoms with Crippen LogP contribution >= 0.6 is 35.1 Å². The average Bonchev–Trinajstić information content (AvgIpc) is 2.36. The van der Waals surface area contributed by atoms with E-state index in [9.17, 15) is 0 Å². The zero-order valence-electron chi connectivity index (χ0n) is 10.0. The number of halogens is 1. The van der Waals surface area contributed by atoms with Crippen molar-refractivity contribution in [3.05, 3.63) is 35.4 Å². The van der Waals surface area contributed by atoms with E-state index >= 15 is 0 Å². The molecule has 0 saturated heterocycles. The van der Waals surface area contributed by atoms with Crippen LogP contribution < -0.4 is 11.5 Å². The molecule has 4 N–H and O–H groups in total. The summed E-state index contributed by atoms with van der Waals surface area (Å²) in [7, 11) is 0. The van der Waals surface area contributed by atoms with E-state index in [1.165, 1.54) is 4.90 Å². The number of anilines is 2. The lowest BCUT2D eigenvalue weighted by molar-refractivity contribution is 0.985. The van der Waals surface area contributed by atoms with Gasteiger partial charge in [-0.05, 0) is 24.3 Å². The molecule has 0 amide bonds. The zero-order valence-corrected chi connectivity index (χ0v) is 12.4. The molecule has 2 aromatic rings. The van der Waals surface area contributed by atoms with Crippen LogP contribution in [0.4, 0.5) is 11.6 Å². The van der Waals surface area contributed by atoms with Gasteiger partial charge in [-0.25, -0.2) is 9.97 Å². The number of benzene rings is 1. The highest BCUT2D eigenvalue weighted by Crippen LogP contribution is 2.23. The predicted octanol–water partition coefficient (Wildman–Crippen LogP) is 3.18. The van der Waals surface area contributed by atoms with E-state index in [-0.39, 0.29) is 0 Å². The van der Waals surface area contributed by atoms with Gasteiger partial charge >= 0.3 is 0 Å². The number of aromatic nitrogens is 2. The lowest BCUT2D eigenvalue weighted by atomic mass is 10.4. The first kappa shape index (κ1) is 14.3. The number of thioether (sulfide) groups is 2. The van der Waals surface area contributed by atoms with Crippen LogP contribution in [0.25, 0.3) is 0 Å². The Morgan fingerprint density at radius 1 is 0.947 bits per heavy atom. The maximum absolute atomic E-state index is 5.83. The van der Waals surface area contributed by atoms with Crippen molar-refractivity contribution >= 4 is 46.8 Å². The second kappa shape index (κ2) is 6.88. The van der Waals surface area contributed by atoms with Crippen LogP contribution in [0.15, 0.2) is 40.4 Å². The number of hydrogen-bond acceptors (Lipinski definition) is 6. The molecule has 1 aromatic heterocycles. The Morgan fingerprint density at radius 2 is 1.53 bits per heavy atom. The molecule has 2 rings (SSSR count). The van der Waals surface area contributed by atoms with E-state index in [0.29, 0.717) is 16.8 Å². The molecule has 0 aliphatic rings. The second-order valence-electron chi connectivity index (χ2n) is 3.65. The van der Waals surface area contributed by atoms with Crippen molar-refractivity contribution < 1.29 is 0 Å². The maximum Gasteiger partial charge on any atom is 0.191 e. The number of nitrogens with two attached hydrogens (primary N) is 2. The van der Waals surface area contributed by atoms with Gasteiger partial charge in [-0.15, -0.1) is 11.8 Å². The summed E-state index contributed by atoms with van der Waals surface area (Å²) >= 11 is 9.13. The Balaban J connectivity index is 1.79. The van der Waals surface area contributed by atoms with E-state index in [2.05, 4.69) is 9.97 Å². The molecule has 0 saturated carbocycles. The quantitative estimate of drug-likeness (QED) is 0.501. The van der Waals surface area contributed by atoms with Gasteiger partial charge in [-0.3, -0.25) is 0 Å². The van der Waals surface area contributed by atoms with Crippen LogP contribution in [0.5, 0.6) is 0 Å². The van der Waals surface area contributed by atoms with Gasteiger partial charge < -0.3 is 11.5 Å². The molecular formula is C12H13ClN4S2. The molecule has 0 aliphatic carbocycles. The number of nitrogen functional groups attached to an aromatic ring is 2. The van der Waals surface area contributed by atoms with Gasteiger partial charge in [-0.2, -0.15) is 0 Å². The van der Waals surface area contributed by atoms with Crippen LogP contribution in [0.2, 0.25) is 5.02 Å². The van der Waals surface area contributed by atoms with Crippen molar-refractivity contribution in [3.63, 3.8) is 0 Å². The topological polar surface area (TPSA) is 77.8 Å². The largest absolute Gasteiger partial charge is 0.383 e. The van der Waals surface area contributed by atoms with Crippen molar-refractivity contribution in [2.45, 2.75) is 10.1 Å². The van der Waals surface area contributed by atoms with Gasteiger partial charge in [0.2, 0.25) is 0 Å². The summed E-state index contributed by atoms with van der Waals surface area (Å²) in [6.45, 7) is 0. The summed E-state index contributed by atoms with van der Waals surface area (Å²) in [5.41, 5.74) is 11.2. The lowest BCUT2D eigenvalue weighted by Crippen LogP contribution is -1.99. The normalized spacial score (nSPS) is 10.6. The Morgan fingerprint density at radius 3 is 2.16 bits per heavy atom. The average molecular weight is 313 g/mol. The van der Waals surface area contributed by atoms with Crippen LogP contribution in [0.1, 0.15) is 0 Å². The molecule has 0 radical (unpaired) electrons. The van der Waals surface area contributed by atoms with E-state index in [1.54, 1.807) is 29.6 Å². The Labute approximate surface area is 125 Å². The minimum Gasteiger partial charge on any atom is -0.383 e. The van der Waals surface area contributed by atoms with Crippen molar-refractivity contribution in [3.8, 4) is 0 Å². The fraction of sp³-hybridized carbons (Fsp3) is 0.167. The Kier molecular flexibility index (Phi) is 5.18. The third kappa shape index (κ3) is 4.81. The molecule has 0 spiro atoms. The van der Waals surface area contributed by atoms with Gasteiger partial charge in [0.1, 0.15) is 11.6 Å². The summed E-state index contributed by atoms with van der Waals surface area (Å²) in [6.07, 6.45) is 0. The SMILES string of the molecule is Nc1cc(N)nc(SCCSc2ccc(Cl)cc2)n1. The van der Waals surface area contributed by atoms with E-state index in [1.807, 2.05) is 24.3 Å². The summed E-state index contributed by atoms with van der Waals surface area (Å²) in [5, 5.41) is 1.37. The van der Waals surface area contributed by atoms with Crippen molar-refractivity contribution in [1.29, 1.82) is 0 Å². The van der Waals surface area contributed by atoms with Crippen molar-refractivity contribution in [2.24, 2.45) is 0 Å². The fourth-order valence-corrected chi connectivity index (χ4v) is 3.23. The molecular weight excluding hydrogens is 300 g/mol. The van der Waals surface area contributed by atoms with Gasteiger partial charge in [0.15, 0.2) is 5.16 Å². The van der Waals surface area contributed by atoms with Gasteiger partial charge in [0.25, 0.3) is 0 Å². The molecule has 0 atom stereocenters. The third-order valence-electron chi connectivity index (χ3n) is 2.14. The number of rotatable bonds is 5. The predicted molar refractivity (Wildman–Crippen MR) is 83.8 cm³/mol. The smallest absolute Gasteiger partial charge is 0.191 e. The molecule has 0 bridgehead atoms. The van der Waals surface area contributed by atoms with Crippen LogP contribution in [0, 0.1) is 0 Å². The Bertz CT molecular complexity index is 528. The second-order valence-corrected chi connectivity index (χ2v) is 6.32.